The predicted molar refractivity (Wildman–Crippen MR) is 106 cm³/mol. The van der Waals surface area contributed by atoms with Crippen LogP contribution in [0.1, 0.15) is 36.0 Å². The molecule has 1 amide bonds. The molecule has 0 N–H and O–H groups in total. The first-order chi connectivity index (χ1) is 13.6. The molecule has 1 aromatic carbocycles. The van der Waals surface area contributed by atoms with Crippen LogP contribution in [0.2, 0.25) is 0 Å². The Balaban J connectivity index is 2.14. The largest absolute Gasteiger partial charge is 0.454 e. The second-order valence-corrected chi connectivity index (χ2v) is 9.16. The lowest BCUT2D eigenvalue weighted by atomic mass is 10.1. The fraction of sp³-hybridized carbons (Fsp3) is 0.550. The SMILES string of the molecule is Cc1cc(C)c(S(=O)(=O)N2CCCC2C(=O)OCC(=O)N(C)CCC#N)c(C)c1. The third kappa shape index (κ3) is 5.14. The molecule has 1 aliphatic heterocycles. The molecule has 0 aromatic heterocycles. The maximum atomic E-state index is 13.3. The molecular weight excluding hydrogens is 394 g/mol. The third-order valence-corrected chi connectivity index (χ3v) is 7.18. The zero-order chi connectivity index (χ0) is 21.8. The third-order valence-electron chi connectivity index (χ3n) is 4.97. The lowest BCUT2D eigenvalue weighted by Crippen LogP contribution is -2.43. The van der Waals surface area contributed by atoms with Crippen molar-refractivity contribution in [2.75, 3.05) is 26.7 Å². The summed E-state index contributed by atoms with van der Waals surface area (Å²) in [5.41, 5.74) is 2.24. The quantitative estimate of drug-likeness (QED) is 0.620. The van der Waals surface area contributed by atoms with Crippen LogP contribution in [0, 0.1) is 32.1 Å². The number of carbonyl (C=O) groups excluding carboxylic acids is 2. The van der Waals surface area contributed by atoms with Crippen LogP contribution in [0.15, 0.2) is 17.0 Å². The van der Waals surface area contributed by atoms with E-state index in [9.17, 15) is 18.0 Å². The topological polar surface area (TPSA) is 108 Å². The molecule has 1 saturated heterocycles. The second-order valence-electron chi connectivity index (χ2n) is 7.33. The van der Waals surface area contributed by atoms with Crippen molar-refractivity contribution in [1.82, 2.24) is 9.21 Å². The average Bonchev–Trinajstić information content (AvgIpc) is 3.13. The molecule has 1 atom stereocenters. The summed E-state index contributed by atoms with van der Waals surface area (Å²) < 4.78 is 32.9. The van der Waals surface area contributed by atoms with Gasteiger partial charge in [0, 0.05) is 20.1 Å². The van der Waals surface area contributed by atoms with Crippen LogP contribution in [0.4, 0.5) is 0 Å². The Morgan fingerprint density at radius 3 is 2.48 bits per heavy atom. The molecule has 158 valence electrons. The van der Waals surface area contributed by atoms with Crippen LogP contribution in [-0.4, -0.2) is 62.3 Å². The molecule has 1 heterocycles. The van der Waals surface area contributed by atoms with Crippen molar-refractivity contribution < 1.29 is 22.7 Å². The van der Waals surface area contributed by atoms with E-state index in [0.717, 1.165) is 5.56 Å². The van der Waals surface area contributed by atoms with E-state index in [2.05, 4.69) is 0 Å². The summed E-state index contributed by atoms with van der Waals surface area (Å²) in [4.78, 5) is 26.1. The van der Waals surface area contributed by atoms with Crippen LogP contribution in [0.3, 0.4) is 0 Å². The number of hydrogen-bond donors (Lipinski definition) is 0. The molecule has 1 aromatic rings. The van der Waals surface area contributed by atoms with Gasteiger partial charge in [0.15, 0.2) is 6.61 Å². The summed E-state index contributed by atoms with van der Waals surface area (Å²) in [7, 11) is -2.36. The van der Waals surface area contributed by atoms with Gasteiger partial charge in [0.1, 0.15) is 6.04 Å². The van der Waals surface area contributed by atoms with Gasteiger partial charge in [-0.1, -0.05) is 17.7 Å². The van der Waals surface area contributed by atoms with E-state index in [1.807, 2.05) is 13.0 Å². The van der Waals surface area contributed by atoms with Crippen LogP contribution >= 0.6 is 0 Å². The number of nitriles is 1. The van der Waals surface area contributed by atoms with E-state index in [1.54, 1.807) is 26.0 Å². The molecule has 0 bridgehead atoms. The predicted octanol–water partition coefficient (Wildman–Crippen LogP) is 1.68. The lowest BCUT2D eigenvalue weighted by Gasteiger charge is -2.25. The molecule has 29 heavy (non-hydrogen) atoms. The number of nitrogens with zero attached hydrogens (tertiary/aromatic N) is 3. The summed E-state index contributed by atoms with van der Waals surface area (Å²) in [5, 5.41) is 8.58. The molecule has 1 aliphatic rings. The molecule has 2 rings (SSSR count). The van der Waals surface area contributed by atoms with Crippen molar-refractivity contribution in [2.45, 2.75) is 51.0 Å². The van der Waals surface area contributed by atoms with Gasteiger partial charge in [-0.05, 0) is 44.7 Å². The van der Waals surface area contributed by atoms with E-state index >= 15 is 0 Å². The van der Waals surface area contributed by atoms with Gasteiger partial charge in [-0.15, -0.1) is 0 Å². The first-order valence-electron chi connectivity index (χ1n) is 9.46. The number of sulfonamides is 1. The summed E-state index contributed by atoms with van der Waals surface area (Å²) in [5.74, 6) is -1.17. The monoisotopic (exact) mass is 421 g/mol. The van der Waals surface area contributed by atoms with Crippen LogP contribution in [0.5, 0.6) is 0 Å². The Morgan fingerprint density at radius 1 is 1.28 bits per heavy atom. The maximum absolute atomic E-state index is 13.3. The smallest absolute Gasteiger partial charge is 0.324 e. The molecule has 8 nitrogen and oxygen atoms in total. The molecular formula is C20H27N3O5S. The number of esters is 1. The molecule has 0 aliphatic carbocycles. The van der Waals surface area contributed by atoms with Crippen molar-refractivity contribution in [3.63, 3.8) is 0 Å². The number of carbonyl (C=O) groups is 2. The number of aryl methyl sites for hydroxylation is 3. The highest BCUT2D eigenvalue weighted by atomic mass is 32.2. The number of benzene rings is 1. The van der Waals surface area contributed by atoms with Crippen molar-refractivity contribution in [3.05, 3.63) is 28.8 Å². The summed E-state index contributed by atoms with van der Waals surface area (Å²) in [6.07, 6.45) is 1.07. The zero-order valence-corrected chi connectivity index (χ0v) is 18.1. The maximum Gasteiger partial charge on any atom is 0.324 e. The molecule has 0 saturated carbocycles. The van der Waals surface area contributed by atoms with Crippen LogP contribution in [-0.2, 0) is 24.3 Å². The van der Waals surface area contributed by atoms with E-state index in [-0.39, 0.29) is 24.4 Å². The minimum atomic E-state index is -3.88. The van der Waals surface area contributed by atoms with Gasteiger partial charge in [-0.3, -0.25) is 9.59 Å². The first kappa shape index (κ1) is 22.8. The Hall–Kier alpha value is -2.44. The highest BCUT2D eigenvalue weighted by Crippen LogP contribution is 2.31. The fourth-order valence-electron chi connectivity index (χ4n) is 3.64. The van der Waals surface area contributed by atoms with E-state index in [4.69, 9.17) is 10.00 Å². The van der Waals surface area contributed by atoms with Crippen molar-refractivity contribution >= 4 is 21.9 Å². The van der Waals surface area contributed by atoms with Crippen molar-refractivity contribution in [3.8, 4) is 6.07 Å². The summed E-state index contributed by atoms with van der Waals surface area (Å²) in [6.45, 7) is 5.37. The van der Waals surface area contributed by atoms with Crippen LogP contribution in [0.25, 0.3) is 0 Å². The summed E-state index contributed by atoms with van der Waals surface area (Å²) >= 11 is 0. The minimum Gasteiger partial charge on any atom is -0.454 e. The molecule has 1 unspecified atom stereocenters. The standard InChI is InChI=1S/C20H27N3O5S/c1-14-11-15(2)19(16(3)12-14)29(26,27)23-10-5-7-17(23)20(25)28-13-18(24)22(4)9-6-8-21/h11-12,17H,5-7,9-10,13H2,1-4H3. The molecule has 1 fully saturated rings. The Morgan fingerprint density at radius 2 is 1.90 bits per heavy atom. The Bertz CT molecular complexity index is 913. The normalized spacial score (nSPS) is 17.0. The first-order valence-corrected chi connectivity index (χ1v) is 10.9. The van der Waals surface area contributed by atoms with Gasteiger partial charge >= 0.3 is 5.97 Å². The lowest BCUT2D eigenvalue weighted by molar-refractivity contribution is -0.154. The molecule has 0 radical (unpaired) electrons. The highest BCUT2D eigenvalue weighted by Gasteiger charge is 2.41. The van der Waals surface area contributed by atoms with Crippen LogP contribution < -0.4 is 0 Å². The number of amides is 1. The van der Waals surface area contributed by atoms with Gasteiger partial charge in [0.05, 0.1) is 17.4 Å². The molecule has 9 heteroatoms. The van der Waals surface area contributed by atoms with E-state index in [0.29, 0.717) is 24.0 Å². The van der Waals surface area contributed by atoms with E-state index < -0.39 is 34.5 Å². The van der Waals surface area contributed by atoms with Gasteiger partial charge in [-0.2, -0.15) is 9.57 Å². The van der Waals surface area contributed by atoms with Crippen molar-refractivity contribution in [2.24, 2.45) is 0 Å². The Kier molecular flexibility index (Phi) is 7.38. The van der Waals surface area contributed by atoms with Crippen molar-refractivity contribution in [1.29, 1.82) is 5.26 Å². The van der Waals surface area contributed by atoms with Gasteiger partial charge < -0.3 is 9.64 Å². The minimum absolute atomic E-state index is 0.181. The summed E-state index contributed by atoms with van der Waals surface area (Å²) in [6, 6.07) is 4.60. The van der Waals surface area contributed by atoms with Gasteiger partial charge in [-0.25, -0.2) is 8.42 Å². The zero-order valence-electron chi connectivity index (χ0n) is 17.3. The van der Waals surface area contributed by atoms with Gasteiger partial charge in [0.2, 0.25) is 10.0 Å². The van der Waals surface area contributed by atoms with Gasteiger partial charge in [0.25, 0.3) is 5.91 Å². The fourth-order valence-corrected chi connectivity index (χ4v) is 5.70. The second kappa shape index (κ2) is 9.37. The number of likely N-dealkylation sites (N-methyl/N-ethyl adjacent to an activating group) is 1. The highest BCUT2D eigenvalue weighted by molar-refractivity contribution is 7.89. The van der Waals surface area contributed by atoms with E-state index in [1.165, 1.54) is 16.3 Å². The molecule has 0 spiro atoms. The number of ether oxygens (including phenoxy) is 1. The number of rotatable bonds is 7. The number of hydrogen-bond acceptors (Lipinski definition) is 6. The average molecular weight is 422 g/mol. The Labute approximate surface area is 172 Å².